The number of benzene rings is 2. The number of rotatable bonds is 2. The zero-order valence-electron chi connectivity index (χ0n) is 21.5. The number of hydrogen-bond donors (Lipinski definition) is 2. The topological polar surface area (TPSA) is 138 Å². The number of para-hydroxylation sites is 1. The number of urea groups is 1. The number of amides is 6. The van der Waals surface area contributed by atoms with E-state index < -0.39 is 126 Å². The number of carbonyl (C=O) groups excluding carboxylic acids is 5. The van der Waals surface area contributed by atoms with Crippen molar-refractivity contribution in [3.63, 3.8) is 0 Å². The van der Waals surface area contributed by atoms with Crippen molar-refractivity contribution < 1.29 is 55.4 Å². The second-order valence-corrected chi connectivity index (χ2v) is 12.0. The van der Waals surface area contributed by atoms with Crippen LogP contribution >= 0.6 is 23.2 Å². The molecule has 2 saturated heterocycles. The van der Waals surface area contributed by atoms with Crippen molar-refractivity contribution in [3.05, 3.63) is 70.3 Å². The molecule has 44 heavy (non-hydrogen) atoms. The molecule has 6 atom stereocenters. The number of nitrogens with zero attached hydrogens (tertiary/aromatic N) is 2. The molecule has 6 rings (SSSR count). The number of phenols is 1. The van der Waals surface area contributed by atoms with Gasteiger partial charge in [0.15, 0.2) is 44.6 Å². The number of aromatic hydroxyl groups is 1. The van der Waals surface area contributed by atoms with E-state index >= 15 is 0 Å². The van der Waals surface area contributed by atoms with Gasteiger partial charge in [-0.15, -0.1) is 23.2 Å². The third kappa shape index (κ3) is 3.41. The van der Waals surface area contributed by atoms with E-state index in [2.05, 4.69) is 0 Å². The Balaban J connectivity index is 1.62. The first-order valence-corrected chi connectivity index (χ1v) is 13.4. The highest BCUT2D eigenvalue weighted by atomic mass is 35.5. The lowest BCUT2D eigenvalue weighted by Crippen LogP contribution is -2.60. The number of imide groups is 4. The normalized spacial score (nSPS) is 31.2. The predicted molar refractivity (Wildman–Crippen MR) is 136 cm³/mol. The second kappa shape index (κ2) is 9.44. The maximum Gasteiger partial charge on any atom is 0.328 e. The van der Waals surface area contributed by atoms with Gasteiger partial charge in [0.1, 0.15) is 5.69 Å². The summed E-state index contributed by atoms with van der Waals surface area (Å²) in [7, 11) is 0. The molecule has 0 radical (unpaired) electrons. The fraction of sp³-hybridized carbons (Fsp3) is 0.296. The van der Waals surface area contributed by atoms with Gasteiger partial charge in [0.25, 0.3) is 11.8 Å². The van der Waals surface area contributed by atoms with Crippen LogP contribution < -0.4 is 10.6 Å². The largest absolute Gasteiger partial charge is 0.505 e. The van der Waals surface area contributed by atoms with E-state index in [0.29, 0.717) is 0 Å². The van der Waals surface area contributed by atoms with Crippen LogP contribution in [0.4, 0.5) is 36.8 Å². The number of phenolic OH excluding ortho intramolecular Hbond substituents is 1. The molecule has 9 nitrogen and oxygen atoms in total. The van der Waals surface area contributed by atoms with Crippen LogP contribution in [0, 0.1) is 52.7 Å². The van der Waals surface area contributed by atoms with E-state index in [4.69, 9.17) is 28.9 Å². The number of primary amides is 1. The standard InChI is InChI=1S/C27H15Cl2F6N3O6/c28-26-6-10-7(4-5-8-12(10)22(41)38(21(8)40)25(36)44)13(9-2-1-3-11(30)20(9)39)27(26,29)24(43)37(23(26)42)19-17(34)15(32)14(31)16(33)18(19)35/h1-4,8,10,12-13,39H,5-6H2,(H2,36,44)/t8-,10+,12-,13+,26+,27-/m0/s1. The molecule has 230 valence electrons. The van der Waals surface area contributed by atoms with Crippen LogP contribution in [-0.2, 0) is 19.2 Å². The Hall–Kier alpha value is -4.11. The van der Waals surface area contributed by atoms with Crippen LogP contribution in [0.3, 0.4) is 0 Å². The minimum absolute atomic E-state index is 0.0497. The van der Waals surface area contributed by atoms with Crippen LogP contribution in [0.5, 0.6) is 5.75 Å². The zero-order chi connectivity index (χ0) is 32.4. The first-order valence-electron chi connectivity index (χ1n) is 12.6. The van der Waals surface area contributed by atoms with Gasteiger partial charge in [0, 0.05) is 11.5 Å². The molecule has 2 aliphatic carbocycles. The van der Waals surface area contributed by atoms with Crippen LogP contribution in [0.15, 0.2) is 29.8 Å². The molecule has 1 saturated carbocycles. The molecule has 4 aliphatic rings. The summed E-state index contributed by atoms with van der Waals surface area (Å²) >= 11 is 13.7. The van der Waals surface area contributed by atoms with Gasteiger partial charge in [-0.05, 0) is 24.8 Å². The number of anilines is 1. The van der Waals surface area contributed by atoms with Gasteiger partial charge in [-0.1, -0.05) is 23.8 Å². The molecule has 0 bridgehead atoms. The highest BCUT2D eigenvalue weighted by Gasteiger charge is 2.77. The van der Waals surface area contributed by atoms with Crippen molar-refractivity contribution >= 4 is 58.5 Å². The quantitative estimate of drug-likeness (QED) is 0.125. The Morgan fingerprint density at radius 2 is 1.48 bits per heavy atom. The summed E-state index contributed by atoms with van der Waals surface area (Å²) < 4.78 is 86.8. The van der Waals surface area contributed by atoms with Gasteiger partial charge in [0.05, 0.1) is 11.8 Å². The monoisotopic (exact) mass is 661 g/mol. The average Bonchev–Trinajstić information content (AvgIpc) is 3.31. The van der Waals surface area contributed by atoms with Gasteiger partial charge >= 0.3 is 6.03 Å². The van der Waals surface area contributed by atoms with Gasteiger partial charge in [0.2, 0.25) is 17.6 Å². The Kier molecular flexibility index (Phi) is 6.43. The minimum Gasteiger partial charge on any atom is -0.505 e. The van der Waals surface area contributed by atoms with Crippen LogP contribution in [0.25, 0.3) is 0 Å². The lowest BCUT2D eigenvalue weighted by molar-refractivity contribution is -0.136. The fourth-order valence-corrected chi connectivity index (χ4v) is 7.82. The molecule has 3 fully saturated rings. The number of hydrogen-bond acceptors (Lipinski definition) is 6. The molecule has 0 unspecified atom stereocenters. The molecule has 2 heterocycles. The first-order chi connectivity index (χ1) is 20.5. The molecule has 0 aromatic heterocycles. The average molecular weight is 662 g/mol. The Morgan fingerprint density at radius 1 is 0.886 bits per heavy atom. The lowest BCUT2D eigenvalue weighted by Gasteiger charge is -2.50. The van der Waals surface area contributed by atoms with Crippen molar-refractivity contribution in [2.24, 2.45) is 23.5 Å². The van der Waals surface area contributed by atoms with Crippen LogP contribution in [-0.4, -0.2) is 49.4 Å². The van der Waals surface area contributed by atoms with Crippen molar-refractivity contribution in [3.8, 4) is 5.75 Å². The third-order valence-corrected chi connectivity index (χ3v) is 10.2. The summed E-state index contributed by atoms with van der Waals surface area (Å²) in [5, 5.41) is 10.7. The number of fused-ring (bicyclic) bond motifs is 4. The molecule has 0 spiro atoms. The molecule has 6 amide bonds. The second-order valence-electron chi connectivity index (χ2n) is 10.7. The van der Waals surface area contributed by atoms with Gasteiger partial charge < -0.3 is 10.8 Å². The Morgan fingerprint density at radius 3 is 2.07 bits per heavy atom. The van der Waals surface area contributed by atoms with E-state index in [1.165, 1.54) is 6.08 Å². The van der Waals surface area contributed by atoms with Gasteiger partial charge in [-0.3, -0.25) is 19.2 Å². The van der Waals surface area contributed by atoms with Crippen molar-refractivity contribution in [1.29, 1.82) is 0 Å². The van der Waals surface area contributed by atoms with Crippen molar-refractivity contribution in [2.45, 2.75) is 28.5 Å². The van der Waals surface area contributed by atoms with Crippen LogP contribution in [0.2, 0.25) is 0 Å². The molecular formula is C27H15Cl2F6N3O6. The molecular weight excluding hydrogens is 647 g/mol. The molecule has 2 aliphatic heterocycles. The van der Waals surface area contributed by atoms with Crippen molar-refractivity contribution in [1.82, 2.24) is 4.90 Å². The summed E-state index contributed by atoms with van der Waals surface area (Å²) in [4.78, 5) is 60.1. The number of nitrogens with two attached hydrogens (primary N) is 1. The van der Waals surface area contributed by atoms with Crippen LogP contribution in [0.1, 0.15) is 24.3 Å². The SMILES string of the molecule is NC(=O)N1C(=O)[C@H]2[C@H](CC=C3[C@H]2C[C@@]2(Cl)C(=O)N(c4c(F)c(F)c(F)c(F)c4F)C(=O)[C@@]2(Cl)[C@H]3c2cccc(F)c2O)C1=O. The molecule has 3 N–H and O–H groups in total. The first kappa shape index (κ1) is 29.9. The van der Waals surface area contributed by atoms with E-state index in [0.717, 1.165) is 18.2 Å². The fourth-order valence-electron chi connectivity index (χ4n) is 6.89. The summed E-state index contributed by atoms with van der Waals surface area (Å²) in [5.74, 6) is -26.7. The zero-order valence-corrected chi connectivity index (χ0v) is 23.0. The number of likely N-dealkylation sites (tertiary alicyclic amines) is 1. The predicted octanol–water partition coefficient (Wildman–Crippen LogP) is 3.87. The lowest BCUT2D eigenvalue weighted by atomic mass is 9.56. The smallest absolute Gasteiger partial charge is 0.328 e. The van der Waals surface area contributed by atoms with Crippen molar-refractivity contribution in [2.75, 3.05) is 4.90 Å². The summed E-state index contributed by atoms with van der Waals surface area (Å²) in [6.07, 6.45) is 0.179. The molecule has 2 aromatic rings. The number of allylic oxidation sites excluding steroid dienone is 2. The minimum atomic E-state index is -2.94. The molecule has 2 aromatic carbocycles. The van der Waals surface area contributed by atoms with Gasteiger partial charge in [-0.2, -0.15) is 4.90 Å². The Bertz CT molecular complexity index is 1780. The van der Waals surface area contributed by atoms with Gasteiger partial charge in [-0.25, -0.2) is 36.0 Å². The summed E-state index contributed by atoms with van der Waals surface area (Å²) in [5.41, 5.74) is 2.68. The van der Waals surface area contributed by atoms with E-state index in [1.807, 2.05) is 0 Å². The number of halogens is 8. The maximum atomic E-state index is 15.0. The van der Waals surface area contributed by atoms with E-state index in [9.17, 15) is 55.4 Å². The number of alkyl halides is 2. The van der Waals surface area contributed by atoms with E-state index in [-0.39, 0.29) is 16.9 Å². The van der Waals surface area contributed by atoms with E-state index in [1.54, 1.807) is 0 Å². The number of carbonyl (C=O) groups is 5. The summed E-state index contributed by atoms with van der Waals surface area (Å²) in [6.45, 7) is 0. The Labute approximate surface area is 251 Å². The molecule has 17 heteroatoms. The highest BCUT2D eigenvalue weighted by molar-refractivity contribution is 6.58. The third-order valence-electron chi connectivity index (χ3n) is 8.77. The summed E-state index contributed by atoms with van der Waals surface area (Å²) in [6, 6.07) is 1.53. The maximum absolute atomic E-state index is 15.0. The highest BCUT2D eigenvalue weighted by Crippen LogP contribution is 2.66.